The summed E-state index contributed by atoms with van der Waals surface area (Å²) in [5, 5.41) is 111. The Labute approximate surface area is 485 Å². The molecule has 2 aromatic rings. The van der Waals surface area contributed by atoms with Crippen LogP contribution in [-0.2, 0) is 9.59 Å². The summed E-state index contributed by atoms with van der Waals surface area (Å²) in [7, 11) is 6.59. The smallest absolute Gasteiger partial charge is 0.255 e. The third-order valence-electron chi connectivity index (χ3n) is 10.6. The molecule has 70 heavy (non-hydrogen) atoms. The van der Waals surface area contributed by atoms with E-state index in [9.17, 15) is 84.9 Å². The zero-order chi connectivity index (χ0) is 53.8. The molecule has 23 nitrogen and oxygen atoms in total. The minimum atomic E-state index is -1.70. The number of hydrogen-bond acceptors (Lipinski definition) is 17. The fourth-order valence-corrected chi connectivity index (χ4v) is 16.2. The topological polar surface area (TPSA) is 344 Å². The van der Waals surface area contributed by atoms with E-state index in [0.29, 0.717) is 0 Å². The molecule has 0 fully saturated rings. The lowest BCUT2D eigenvalue weighted by Crippen LogP contribution is -2.48. The number of carbonyl (C=O) groups excluding carboxylic acids is 6. The second kappa shape index (κ2) is 30.1. The van der Waals surface area contributed by atoms with Crippen LogP contribution in [0.25, 0.3) is 0 Å². The first-order chi connectivity index (χ1) is 32.7. The van der Waals surface area contributed by atoms with Gasteiger partial charge < -0.3 is 85.6 Å². The van der Waals surface area contributed by atoms with Crippen LogP contribution < -0.4 is 9.80 Å². The van der Waals surface area contributed by atoms with Crippen molar-refractivity contribution in [3.8, 4) is 0 Å². The normalized spacial score (nSPS) is 13.2. The van der Waals surface area contributed by atoms with Crippen LogP contribution in [-0.4, -0.2) is 250 Å². The molecular weight excluding hydrogens is 1610 g/mol. The Bertz CT molecular complexity index is 2170. The Morgan fingerprint density at radius 3 is 0.900 bits per heavy atom. The second-order valence-electron chi connectivity index (χ2n) is 16.0. The summed E-state index contributed by atoms with van der Waals surface area (Å²) in [6.07, 6.45) is -5.77. The monoisotopic (exact) mass is 1670 g/mol. The highest BCUT2D eigenvalue weighted by Gasteiger charge is 2.39. The average Bonchev–Trinajstić information content (AvgIpc) is 3.30. The molecule has 4 atom stereocenters. The Balaban J connectivity index is 2.97. The number of halogens is 6. The van der Waals surface area contributed by atoms with E-state index in [2.05, 4.69) is 0 Å². The zero-order valence-electron chi connectivity index (χ0n) is 38.3. The molecule has 0 bridgehead atoms. The van der Waals surface area contributed by atoms with Crippen LogP contribution in [0.3, 0.4) is 0 Å². The van der Waals surface area contributed by atoms with E-state index in [1.165, 1.54) is 35.2 Å². The van der Waals surface area contributed by atoms with Gasteiger partial charge in [0.15, 0.2) is 0 Å². The lowest BCUT2D eigenvalue weighted by atomic mass is 10.0. The number of amides is 6. The van der Waals surface area contributed by atoms with Gasteiger partial charge in [0.25, 0.3) is 23.6 Å². The minimum absolute atomic E-state index is 0.0310. The van der Waals surface area contributed by atoms with Crippen molar-refractivity contribution in [1.82, 2.24) is 19.6 Å². The number of carbonyl (C=O) groups is 6. The van der Waals surface area contributed by atoms with Gasteiger partial charge in [-0.15, -0.1) is 0 Å². The number of likely N-dealkylation sites (N-methyl/N-ethyl adjacent to an activating group) is 4. The molecule has 0 radical (unpaired) electrons. The molecule has 0 aliphatic carbocycles. The first kappa shape index (κ1) is 65.3. The lowest BCUT2D eigenvalue weighted by molar-refractivity contribution is -0.125. The zero-order valence-corrected chi connectivity index (χ0v) is 51.2. The van der Waals surface area contributed by atoms with E-state index >= 15 is 0 Å². The summed E-state index contributed by atoms with van der Waals surface area (Å²) in [5.41, 5.74) is -0.664. The number of aliphatic hydroxyl groups excluding tert-OH is 11. The highest BCUT2D eigenvalue weighted by molar-refractivity contribution is 14.1. The molecular formula is C41H56I6N6O17. The number of rotatable bonds is 25. The van der Waals surface area contributed by atoms with E-state index in [0.717, 1.165) is 29.4 Å². The summed E-state index contributed by atoms with van der Waals surface area (Å²) in [5.74, 6) is -7.65. The summed E-state index contributed by atoms with van der Waals surface area (Å²) >= 11 is 10.7. The van der Waals surface area contributed by atoms with E-state index in [-0.39, 0.29) is 74.7 Å². The van der Waals surface area contributed by atoms with Gasteiger partial charge in [0.1, 0.15) is 0 Å². The largest absolute Gasteiger partial charge is 0.395 e. The number of benzene rings is 2. The molecule has 11 N–H and O–H groups in total. The molecule has 6 amide bonds. The van der Waals surface area contributed by atoms with Gasteiger partial charge in [-0.25, -0.2) is 0 Å². The summed E-state index contributed by atoms with van der Waals surface area (Å²) in [6, 6.07) is 0. The van der Waals surface area contributed by atoms with Crippen molar-refractivity contribution in [2.75, 3.05) is 124 Å². The molecule has 0 spiro atoms. The Morgan fingerprint density at radius 1 is 0.371 bits per heavy atom. The van der Waals surface area contributed by atoms with E-state index in [1.54, 1.807) is 113 Å². The van der Waals surface area contributed by atoms with Gasteiger partial charge in [0.05, 0.1) is 137 Å². The predicted octanol–water partition coefficient (Wildman–Crippen LogP) is -1.78. The lowest BCUT2D eigenvalue weighted by Gasteiger charge is -2.34. The van der Waals surface area contributed by atoms with Gasteiger partial charge in [0.2, 0.25) is 11.8 Å². The van der Waals surface area contributed by atoms with Crippen LogP contribution in [0.5, 0.6) is 0 Å². The Kier molecular flexibility index (Phi) is 28.1. The summed E-state index contributed by atoms with van der Waals surface area (Å²) < 4.78 is 0.507. The molecule has 0 aromatic heterocycles. The molecule has 2 rings (SSSR count). The Hall–Kier alpha value is -0.800. The second-order valence-corrected chi connectivity index (χ2v) is 22.4. The summed E-state index contributed by atoms with van der Waals surface area (Å²) in [6.45, 7) is -7.69. The van der Waals surface area contributed by atoms with E-state index in [1.807, 2.05) is 22.6 Å². The van der Waals surface area contributed by atoms with Crippen LogP contribution in [0.1, 0.15) is 41.4 Å². The van der Waals surface area contributed by atoms with Crippen LogP contribution in [0.15, 0.2) is 0 Å². The van der Waals surface area contributed by atoms with Crippen molar-refractivity contribution < 1.29 is 84.9 Å². The maximum absolute atomic E-state index is 14.7. The highest BCUT2D eigenvalue weighted by atomic mass is 127. The van der Waals surface area contributed by atoms with Crippen molar-refractivity contribution in [3.05, 3.63) is 43.7 Å². The summed E-state index contributed by atoms with van der Waals surface area (Å²) in [4.78, 5) is 91.6. The predicted molar refractivity (Wildman–Crippen MR) is 303 cm³/mol. The van der Waals surface area contributed by atoms with Gasteiger partial charge in [-0.3, -0.25) is 28.8 Å². The van der Waals surface area contributed by atoms with Gasteiger partial charge >= 0.3 is 0 Å². The molecule has 29 heteroatoms. The maximum atomic E-state index is 14.7. The third kappa shape index (κ3) is 15.6. The van der Waals surface area contributed by atoms with Crippen molar-refractivity contribution in [2.24, 2.45) is 11.8 Å². The number of nitrogens with zero attached hydrogens (tertiary/aromatic N) is 6. The van der Waals surface area contributed by atoms with Gasteiger partial charge in [-0.1, -0.05) is 0 Å². The average molecular weight is 1670 g/mol. The molecule has 394 valence electrons. The van der Waals surface area contributed by atoms with Crippen LogP contribution in [0.2, 0.25) is 0 Å². The van der Waals surface area contributed by atoms with E-state index in [4.69, 9.17) is 0 Å². The number of aliphatic hydroxyl groups is 11. The highest BCUT2D eigenvalue weighted by Crippen LogP contribution is 2.41. The van der Waals surface area contributed by atoms with Crippen molar-refractivity contribution in [1.29, 1.82) is 0 Å². The quantitative estimate of drug-likeness (QED) is 0.0490. The van der Waals surface area contributed by atoms with Crippen LogP contribution >= 0.6 is 136 Å². The minimum Gasteiger partial charge on any atom is -0.395 e. The Morgan fingerprint density at radius 2 is 0.629 bits per heavy atom. The van der Waals surface area contributed by atoms with Crippen molar-refractivity contribution in [2.45, 2.75) is 24.4 Å². The number of anilines is 2. The van der Waals surface area contributed by atoms with Crippen molar-refractivity contribution >= 4 is 182 Å². The number of hydrogen-bond donors (Lipinski definition) is 11. The maximum Gasteiger partial charge on any atom is 0.255 e. The molecule has 0 saturated carbocycles. The fraction of sp³-hybridized carbons (Fsp3) is 0.561. The molecule has 2 aromatic carbocycles. The fourth-order valence-electron chi connectivity index (χ4n) is 6.71. The van der Waals surface area contributed by atoms with E-state index < -0.39 is 131 Å². The third-order valence-corrected chi connectivity index (χ3v) is 16.9. The van der Waals surface area contributed by atoms with Crippen molar-refractivity contribution in [3.63, 3.8) is 0 Å². The first-order valence-corrected chi connectivity index (χ1v) is 27.2. The first-order valence-electron chi connectivity index (χ1n) is 20.7. The molecule has 0 saturated heterocycles. The standard InChI is InChI=1S/C41H56I6N6O17/c1-48(38(67)24-28(42)25(39(68)49(2)7-21(62)15-58)31(45)34(30(24)44)52(5)36(65)18(11-54)12-55)6-20(61)10-53(37(66)19(13-56)14-57)35-32(46)26(40(69)50(3)8-22(63)16-59)29(43)27(33(35)47)41(70)51(4)9-23(64)17-60/h18-23,54-64H,6-17H2,1-5H3. The molecule has 4 unspecified atom stereocenters. The SMILES string of the molecule is CN(CC(O)CO)C(=O)c1c(I)c(C(=O)N(C)CC(O)CN(C(=O)C(CO)CO)c2c(I)c(C(=O)N(C)CC(O)CO)c(I)c(C(=O)N(C)CC(O)CO)c2I)c(I)c(N(C)C(=O)C(CO)CO)c1I. The van der Waals surface area contributed by atoms with Crippen LogP contribution in [0.4, 0.5) is 11.4 Å². The van der Waals surface area contributed by atoms with Crippen LogP contribution in [0, 0.1) is 33.3 Å². The van der Waals surface area contributed by atoms with Gasteiger partial charge in [-0.2, -0.15) is 0 Å². The molecule has 0 heterocycles. The van der Waals surface area contributed by atoms with Gasteiger partial charge in [0, 0.05) is 68.6 Å². The van der Waals surface area contributed by atoms with Gasteiger partial charge in [-0.05, 0) is 136 Å². The molecule has 0 aliphatic rings. The molecule has 0 aliphatic heterocycles.